The first kappa shape index (κ1) is 10.8. The molecule has 0 aliphatic carbocycles. The SMILES string of the molecule is C/C=N/N=C(N)N.CC. The van der Waals surface area contributed by atoms with Gasteiger partial charge >= 0.3 is 0 Å². The third-order valence-corrected chi connectivity index (χ3v) is 0.289. The Balaban J connectivity index is 0. The first-order chi connectivity index (χ1) is 4.27. The Morgan fingerprint density at radius 1 is 1.33 bits per heavy atom. The summed E-state index contributed by atoms with van der Waals surface area (Å²) in [4.78, 5) is 0. The molecule has 4 nitrogen and oxygen atoms in total. The van der Waals surface area contributed by atoms with Crippen LogP contribution in [0.4, 0.5) is 0 Å². The van der Waals surface area contributed by atoms with Crippen molar-refractivity contribution in [2.75, 3.05) is 0 Å². The summed E-state index contributed by atoms with van der Waals surface area (Å²) >= 11 is 0. The van der Waals surface area contributed by atoms with Crippen molar-refractivity contribution in [3.05, 3.63) is 0 Å². The highest BCUT2D eigenvalue weighted by atomic mass is 15.3. The van der Waals surface area contributed by atoms with Crippen LogP contribution in [0.25, 0.3) is 0 Å². The normalized spacial score (nSPS) is 7.89. The van der Waals surface area contributed by atoms with E-state index in [2.05, 4.69) is 10.2 Å². The number of nitrogens with zero attached hydrogens (tertiary/aromatic N) is 2. The Bertz CT molecular complexity index is 91.1. The molecular formula is C5H14N4. The molecule has 0 aliphatic heterocycles. The summed E-state index contributed by atoms with van der Waals surface area (Å²) in [5.41, 5.74) is 9.78. The molecule has 0 aromatic carbocycles. The van der Waals surface area contributed by atoms with Gasteiger partial charge in [-0.1, -0.05) is 13.8 Å². The first-order valence-electron chi connectivity index (χ1n) is 2.84. The van der Waals surface area contributed by atoms with Crippen molar-refractivity contribution in [2.45, 2.75) is 20.8 Å². The van der Waals surface area contributed by atoms with Crippen LogP contribution in [0.15, 0.2) is 10.2 Å². The van der Waals surface area contributed by atoms with Crippen LogP contribution < -0.4 is 11.5 Å². The number of hydrogen-bond donors (Lipinski definition) is 2. The summed E-state index contributed by atoms with van der Waals surface area (Å²) in [5, 5.41) is 6.67. The second-order valence-corrected chi connectivity index (χ2v) is 0.899. The maximum atomic E-state index is 4.89. The zero-order valence-electron chi connectivity index (χ0n) is 6.13. The molecule has 0 saturated heterocycles. The quantitative estimate of drug-likeness (QED) is 0.304. The van der Waals surface area contributed by atoms with Crippen molar-refractivity contribution in [2.24, 2.45) is 21.7 Å². The van der Waals surface area contributed by atoms with Gasteiger partial charge in [-0.2, -0.15) is 5.10 Å². The van der Waals surface area contributed by atoms with Crippen molar-refractivity contribution >= 4 is 12.2 Å². The molecule has 54 valence electrons. The Labute approximate surface area is 55.6 Å². The molecule has 0 aromatic rings. The van der Waals surface area contributed by atoms with E-state index in [4.69, 9.17) is 11.5 Å². The maximum Gasteiger partial charge on any atom is 0.211 e. The van der Waals surface area contributed by atoms with E-state index in [9.17, 15) is 0 Å². The minimum absolute atomic E-state index is 0.0156. The van der Waals surface area contributed by atoms with E-state index in [1.807, 2.05) is 13.8 Å². The van der Waals surface area contributed by atoms with Crippen LogP contribution in [-0.2, 0) is 0 Å². The van der Waals surface area contributed by atoms with Gasteiger partial charge in [0, 0.05) is 6.21 Å². The third-order valence-electron chi connectivity index (χ3n) is 0.289. The van der Waals surface area contributed by atoms with E-state index in [-0.39, 0.29) is 5.96 Å². The molecule has 0 radical (unpaired) electrons. The lowest BCUT2D eigenvalue weighted by Crippen LogP contribution is -2.21. The molecule has 0 saturated carbocycles. The Kier molecular flexibility index (Phi) is 12.1. The minimum atomic E-state index is -0.0156. The minimum Gasteiger partial charge on any atom is -0.369 e. The Hall–Kier alpha value is -1.06. The van der Waals surface area contributed by atoms with Crippen molar-refractivity contribution in [1.82, 2.24) is 0 Å². The number of hydrogen-bond acceptors (Lipinski definition) is 2. The van der Waals surface area contributed by atoms with E-state index < -0.39 is 0 Å². The monoisotopic (exact) mass is 130 g/mol. The summed E-state index contributed by atoms with van der Waals surface area (Å²) in [6.45, 7) is 5.73. The summed E-state index contributed by atoms with van der Waals surface area (Å²) in [6.07, 6.45) is 1.50. The van der Waals surface area contributed by atoms with Crippen molar-refractivity contribution in [3.63, 3.8) is 0 Å². The highest BCUT2D eigenvalue weighted by Crippen LogP contribution is 1.61. The average molecular weight is 130 g/mol. The van der Waals surface area contributed by atoms with Crippen LogP contribution in [0, 0.1) is 0 Å². The van der Waals surface area contributed by atoms with Crippen LogP contribution in [0.2, 0.25) is 0 Å². The summed E-state index contributed by atoms with van der Waals surface area (Å²) < 4.78 is 0. The third kappa shape index (κ3) is 19.6. The number of guanidine groups is 1. The molecule has 9 heavy (non-hydrogen) atoms. The molecule has 0 atom stereocenters. The second kappa shape index (κ2) is 10.0. The molecule has 0 heterocycles. The zero-order valence-corrected chi connectivity index (χ0v) is 6.13. The second-order valence-electron chi connectivity index (χ2n) is 0.899. The summed E-state index contributed by atoms with van der Waals surface area (Å²) in [7, 11) is 0. The lowest BCUT2D eigenvalue weighted by atomic mass is 10.9. The topological polar surface area (TPSA) is 76.8 Å². The predicted molar refractivity (Wildman–Crippen MR) is 41.3 cm³/mol. The van der Waals surface area contributed by atoms with E-state index in [0.29, 0.717) is 0 Å². The van der Waals surface area contributed by atoms with Crippen LogP contribution >= 0.6 is 0 Å². The van der Waals surface area contributed by atoms with Crippen molar-refractivity contribution < 1.29 is 0 Å². The van der Waals surface area contributed by atoms with Gasteiger partial charge in [0.25, 0.3) is 0 Å². The average Bonchev–Trinajstić information content (AvgIpc) is 1.88. The molecule has 0 aliphatic rings. The van der Waals surface area contributed by atoms with Crippen LogP contribution in [-0.4, -0.2) is 12.2 Å². The fourth-order valence-electron chi connectivity index (χ4n) is 0.124. The molecule has 0 aromatic heterocycles. The fraction of sp³-hybridized carbons (Fsp3) is 0.600. The zero-order chi connectivity index (χ0) is 7.70. The van der Waals surface area contributed by atoms with E-state index in [0.717, 1.165) is 0 Å². The van der Waals surface area contributed by atoms with Gasteiger partial charge in [0.1, 0.15) is 0 Å². The number of rotatable bonds is 1. The predicted octanol–water partition coefficient (Wildman–Crippen LogP) is 0.292. The molecule has 0 spiro atoms. The highest BCUT2D eigenvalue weighted by Gasteiger charge is 1.67. The lowest BCUT2D eigenvalue weighted by Gasteiger charge is -1.79. The van der Waals surface area contributed by atoms with E-state index in [1.165, 1.54) is 6.21 Å². The van der Waals surface area contributed by atoms with Gasteiger partial charge in [-0.25, -0.2) is 0 Å². The van der Waals surface area contributed by atoms with E-state index in [1.54, 1.807) is 6.92 Å². The Morgan fingerprint density at radius 3 is 1.89 bits per heavy atom. The molecule has 0 unspecified atom stereocenters. The van der Waals surface area contributed by atoms with Gasteiger partial charge in [0.2, 0.25) is 5.96 Å². The largest absolute Gasteiger partial charge is 0.369 e. The standard InChI is InChI=1S/C3H8N4.C2H6/c1-2-6-7-3(4)5;1-2/h2H,1H3,(H4,4,5,7);1-2H3/b6-2+;. The van der Waals surface area contributed by atoms with Gasteiger partial charge in [-0.3, -0.25) is 0 Å². The van der Waals surface area contributed by atoms with E-state index >= 15 is 0 Å². The Morgan fingerprint density at radius 2 is 1.78 bits per heavy atom. The van der Waals surface area contributed by atoms with Crippen molar-refractivity contribution in [1.29, 1.82) is 0 Å². The maximum absolute atomic E-state index is 4.89. The molecule has 0 amide bonds. The molecule has 4 heteroatoms. The highest BCUT2D eigenvalue weighted by molar-refractivity contribution is 5.76. The molecule has 0 bridgehead atoms. The van der Waals surface area contributed by atoms with Crippen LogP contribution in [0.5, 0.6) is 0 Å². The van der Waals surface area contributed by atoms with Gasteiger partial charge in [0.15, 0.2) is 0 Å². The van der Waals surface area contributed by atoms with Crippen LogP contribution in [0.1, 0.15) is 20.8 Å². The summed E-state index contributed by atoms with van der Waals surface area (Å²) in [5.74, 6) is -0.0156. The molecule has 4 N–H and O–H groups in total. The van der Waals surface area contributed by atoms with Crippen molar-refractivity contribution in [3.8, 4) is 0 Å². The van der Waals surface area contributed by atoms with Gasteiger partial charge in [-0.15, -0.1) is 5.10 Å². The lowest BCUT2D eigenvalue weighted by molar-refractivity contribution is 1.21. The first-order valence-corrected chi connectivity index (χ1v) is 2.84. The molecule has 0 fully saturated rings. The van der Waals surface area contributed by atoms with Gasteiger partial charge in [0.05, 0.1) is 0 Å². The smallest absolute Gasteiger partial charge is 0.211 e. The van der Waals surface area contributed by atoms with Gasteiger partial charge in [-0.05, 0) is 6.92 Å². The molecule has 0 rings (SSSR count). The van der Waals surface area contributed by atoms with Gasteiger partial charge < -0.3 is 11.5 Å². The van der Waals surface area contributed by atoms with Crippen LogP contribution in [0.3, 0.4) is 0 Å². The number of nitrogens with two attached hydrogens (primary N) is 2. The summed E-state index contributed by atoms with van der Waals surface area (Å²) in [6, 6.07) is 0. The fourth-order valence-corrected chi connectivity index (χ4v) is 0.124. The molecular weight excluding hydrogens is 116 g/mol.